The molecular weight excluding hydrogens is 176 g/mol. The third kappa shape index (κ3) is 2.05. The van der Waals surface area contributed by atoms with E-state index in [2.05, 4.69) is 19.9 Å². The van der Waals surface area contributed by atoms with Crippen LogP contribution in [0, 0.1) is 11.8 Å². The zero-order valence-corrected chi connectivity index (χ0v) is 10.2. The van der Waals surface area contributed by atoms with Crippen molar-refractivity contribution in [3.05, 3.63) is 11.3 Å². The summed E-state index contributed by atoms with van der Waals surface area (Å²) in [5.74, 6) is 1.96. The maximum atomic E-state index is 6.06. The van der Waals surface area contributed by atoms with Crippen molar-refractivity contribution in [2.75, 3.05) is 0 Å². The molecule has 0 aromatic heterocycles. The van der Waals surface area contributed by atoms with E-state index in [0.29, 0.717) is 6.10 Å². The summed E-state index contributed by atoms with van der Waals surface area (Å²) < 4.78 is 6.06. The van der Waals surface area contributed by atoms with Crippen molar-refractivity contribution in [1.82, 2.24) is 0 Å². The molecule has 0 aliphatic heterocycles. The van der Waals surface area contributed by atoms with E-state index in [1.165, 1.54) is 30.9 Å². The summed E-state index contributed by atoms with van der Waals surface area (Å²) in [7, 11) is -0.353. The van der Waals surface area contributed by atoms with Gasteiger partial charge in [-0.3, -0.25) is 0 Å². The Kier molecular flexibility index (Phi) is 2.89. The molecule has 0 N–H and O–H groups in total. The quantitative estimate of drug-likeness (QED) is 0.629. The first kappa shape index (κ1) is 9.47. The molecule has 2 aliphatic carbocycles. The lowest BCUT2D eigenvalue weighted by Crippen LogP contribution is -2.22. The van der Waals surface area contributed by atoms with Crippen LogP contribution < -0.4 is 0 Å². The second-order valence-corrected chi connectivity index (χ2v) is 6.40. The minimum absolute atomic E-state index is 0.353. The molecule has 2 rings (SSSR count). The Morgan fingerprint density at radius 3 is 2.77 bits per heavy atom. The second kappa shape index (κ2) is 3.97. The molecule has 0 saturated heterocycles. The fourth-order valence-corrected chi connectivity index (χ4v) is 3.76. The van der Waals surface area contributed by atoms with Gasteiger partial charge in [0, 0.05) is 6.10 Å². The summed E-state index contributed by atoms with van der Waals surface area (Å²) in [5, 5.41) is 1.50. The average Bonchev–Trinajstić information content (AvgIpc) is 2.74. The summed E-state index contributed by atoms with van der Waals surface area (Å²) in [4.78, 5) is 0. The van der Waals surface area contributed by atoms with Gasteiger partial charge in [0.05, 0.1) is 0 Å². The van der Waals surface area contributed by atoms with Crippen molar-refractivity contribution < 1.29 is 4.43 Å². The van der Waals surface area contributed by atoms with Crippen LogP contribution >= 0.6 is 0 Å². The van der Waals surface area contributed by atoms with Crippen LogP contribution in [-0.2, 0) is 4.43 Å². The zero-order chi connectivity index (χ0) is 9.26. The Labute approximate surface area is 83.5 Å². The molecule has 2 fully saturated rings. The smallest absolute Gasteiger partial charge is 0.188 e. The van der Waals surface area contributed by atoms with Crippen LogP contribution in [-0.4, -0.2) is 15.9 Å². The summed E-state index contributed by atoms with van der Waals surface area (Å²) in [6.45, 7) is 4.33. The highest BCUT2D eigenvalue weighted by molar-refractivity contribution is 6.37. The number of allylic oxidation sites excluding steroid dienone is 2. The molecule has 0 radical (unpaired) electrons. The first-order valence-electron chi connectivity index (χ1n) is 5.53. The Bertz CT molecular complexity index is 212. The Hall–Kier alpha value is -0.0831. The van der Waals surface area contributed by atoms with Crippen LogP contribution in [0.1, 0.15) is 39.5 Å². The predicted octanol–water partition coefficient (Wildman–Crippen LogP) is 2.20. The number of hydrogen-bond acceptors (Lipinski definition) is 1. The Morgan fingerprint density at radius 2 is 2.23 bits per heavy atom. The second-order valence-electron chi connectivity index (χ2n) is 4.66. The van der Waals surface area contributed by atoms with Gasteiger partial charge in [0.2, 0.25) is 0 Å². The molecule has 13 heavy (non-hydrogen) atoms. The molecule has 2 aliphatic rings. The first-order valence-corrected chi connectivity index (χ1v) is 6.81. The summed E-state index contributed by atoms with van der Waals surface area (Å²) >= 11 is 0. The molecule has 0 aromatic rings. The first-order chi connectivity index (χ1) is 6.29. The van der Waals surface area contributed by atoms with Gasteiger partial charge in [-0.1, -0.05) is 11.3 Å². The van der Waals surface area contributed by atoms with E-state index in [-0.39, 0.29) is 9.76 Å². The van der Waals surface area contributed by atoms with Crippen molar-refractivity contribution in [3.8, 4) is 0 Å². The highest BCUT2D eigenvalue weighted by Crippen LogP contribution is 2.45. The minimum atomic E-state index is -0.353. The van der Waals surface area contributed by atoms with E-state index in [1.54, 1.807) is 0 Å². The fourth-order valence-electron chi connectivity index (χ4n) is 2.71. The van der Waals surface area contributed by atoms with E-state index in [1.807, 2.05) is 0 Å². The monoisotopic (exact) mass is 196 g/mol. The average molecular weight is 196 g/mol. The minimum Gasteiger partial charge on any atom is -0.416 e. The highest BCUT2D eigenvalue weighted by atomic mass is 28.2. The Morgan fingerprint density at radius 1 is 1.38 bits per heavy atom. The largest absolute Gasteiger partial charge is 0.416 e. The summed E-state index contributed by atoms with van der Waals surface area (Å²) in [6, 6.07) is 0. The van der Waals surface area contributed by atoms with E-state index < -0.39 is 0 Å². The lowest BCUT2D eigenvalue weighted by molar-refractivity contribution is 0.147. The van der Waals surface area contributed by atoms with Gasteiger partial charge in [0.1, 0.15) is 0 Å². The SMILES string of the molecule is C/C=C(\C)[SiH2]OC1CC2CCC1C2. The number of rotatable bonds is 3. The number of fused-ring (bicyclic) bond motifs is 2. The molecule has 2 saturated carbocycles. The van der Waals surface area contributed by atoms with Crippen LogP contribution in [0.5, 0.6) is 0 Å². The lowest BCUT2D eigenvalue weighted by atomic mass is 9.98. The molecule has 0 spiro atoms. The van der Waals surface area contributed by atoms with Gasteiger partial charge in [-0.25, -0.2) is 0 Å². The van der Waals surface area contributed by atoms with Crippen LogP contribution in [0.3, 0.4) is 0 Å². The molecular formula is C11H20OSi. The molecule has 3 unspecified atom stereocenters. The summed E-state index contributed by atoms with van der Waals surface area (Å²) in [5.41, 5.74) is 0. The normalized spacial score (nSPS) is 39.5. The molecule has 74 valence electrons. The molecule has 1 nitrogen and oxygen atoms in total. The van der Waals surface area contributed by atoms with E-state index in [9.17, 15) is 0 Å². The fraction of sp³-hybridized carbons (Fsp3) is 0.818. The van der Waals surface area contributed by atoms with Gasteiger partial charge in [-0.2, -0.15) is 0 Å². The molecule has 0 aromatic carbocycles. The van der Waals surface area contributed by atoms with Gasteiger partial charge < -0.3 is 4.43 Å². The van der Waals surface area contributed by atoms with Gasteiger partial charge in [0.25, 0.3) is 0 Å². The highest BCUT2D eigenvalue weighted by Gasteiger charge is 2.39. The molecule has 2 heteroatoms. The number of hydrogen-bond donors (Lipinski definition) is 0. The van der Waals surface area contributed by atoms with Crippen molar-refractivity contribution in [2.24, 2.45) is 11.8 Å². The van der Waals surface area contributed by atoms with Gasteiger partial charge in [0.15, 0.2) is 9.76 Å². The van der Waals surface area contributed by atoms with Crippen molar-refractivity contribution in [2.45, 2.75) is 45.6 Å². The third-order valence-corrected chi connectivity index (χ3v) is 5.15. The standard InChI is InChI=1S/C11H20OSi/c1-3-8(2)13-12-11-7-9-4-5-10(11)6-9/h3,9-11H,4-7,13H2,1-2H3/b8-3+. The van der Waals surface area contributed by atoms with Crippen LogP contribution in [0.25, 0.3) is 0 Å². The van der Waals surface area contributed by atoms with E-state index in [0.717, 1.165) is 11.8 Å². The predicted molar refractivity (Wildman–Crippen MR) is 58.3 cm³/mol. The maximum absolute atomic E-state index is 6.06. The maximum Gasteiger partial charge on any atom is 0.188 e. The van der Waals surface area contributed by atoms with Crippen molar-refractivity contribution >= 4 is 9.76 Å². The van der Waals surface area contributed by atoms with Crippen LogP contribution in [0.15, 0.2) is 11.3 Å². The van der Waals surface area contributed by atoms with E-state index in [4.69, 9.17) is 4.43 Å². The zero-order valence-electron chi connectivity index (χ0n) is 8.75. The Balaban J connectivity index is 1.77. The van der Waals surface area contributed by atoms with Gasteiger partial charge in [-0.15, -0.1) is 0 Å². The van der Waals surface area contributed by atoms with Crippen molar-refractivity contribution in [3.63, 3.8) is 0 Å². The third-order valence-electron chi connectivity index (χ3n) is 3.69. The van der Waals surface area contributed by atoms with Gasteiger partial charge >= 0.3 is 0 Å². The van der Waals surface area contributed by atoms with E-state index >= 15 is 0 Å². The molecule has 3 atom stereocenters. The summed E-state index contributed by atoms with van der Waals surface area (Å²) in [6.07, 6.45) is 8.62. The van der Waals surface area contributed by atoms with Crippen LogP contribution in [0.2, 0.25) is 0 Å². The molecule has 0 amide bonds. The van der Waals surface area contributed by atoms with Crippen molar-refractivity contribution in [1.29, 1.82) is 0 Å². The lowest BCUT2D eigenvalue weighted by Gasteiger charge is -2.22. The molecule has 0 heterocycles. The topological polar surface area (TPSA) is 9.23 Å². The van der Waals surface area contributed by atoms with Gasteiger partial charge in [-0.05, 0) is 51.4 Å². The molecule has 2 bridgehead atoms. The van der Waals surface area contributed by atoms with Crippen LogP contribution in [0.4, 0.5) is 0 Å².